The molecule has 28 heavy (non-hydrogen) atoms. The number of hydrogen-bond donors (Lipinski definition) is 1. The van der Waals surface area contributed by atoms with E-state index in [-0.39, 0.29) is 23.9 Å². The van der Waals surface area contributed by atoms with Crippen LogP contribution in [0.5, 0.6) is 5.75 Å². The highest BCUT2D eigenvalue weighted by atomic mass is 79.9. The predicted molar refractivity (Wildman–Crippen MR) is 110 cm³/mol. The van der Waals surface area contributed by atoms with Crippen LogP contribution in [0.1, 0.15) is 12.0 Å². The molecule has 2 aromatic carbocycles. The fraction of sp³-hybridized carbons (Fsp3) is 0.250. The second-order valence-electron chi connectivity index (χ2n) is 6.33. The molecule has 0 unspecified atom stereocenters. The molecule has 0 fully saturated rings. The first kappa shape index (κ1) is 20.6. The number of benzene rings is 2. The van der Waals surface area contributed by atoms with Crippen LogP contribution in [0.4, 0.5) is 0 Å². The molecule has 0 spiro atoms. The van der Waals surface area contributed by atoms with Crippen molar-refractivity contribution in [1.82, 2.24) is 9.62 Å². The molecule has 1 heterocycles. The second-order valence-corrected chi connectivity index (χ2v) is 9.18. The van der Waals surface area contributed by atoms with Crippen molar-refractivity contribution in [3.63, 3.8) is 0 Å². The lowest BCUT2D eigenvalue weighted by atomic mass is 10.1. The molecule has 0 saturated heterocycles. The van der Waals surface area contributed by atoms with Crippen molar-refractivity contribution in [3.05, 3.63) is 70.2 Å². The fourth-order valence-corrected chi connectivity index (χ4v) is 4.51. The van der Waals surface area contributed by atoms with E-state index in [4.69, 9.17) is 4.74 Å². The lowest BCUT2D eigenvalue weighted by Crippen LogP contribution is -2.37. The van der Waals surface area contributed by atoms with E-state index in [9.17, 15) is 13.2 Å². The Morgan fingerprint density at radius 1 is 1.14 bits per heavy atom. The van der Waals surface area contributed by atoms with Crippen LogP contribution in [-0.4, -0.2) is 38.8 Å². The van der Waals surface area contributed by atoms with Gasteiger partial charge in [0.15, 0.2) is 0 Å². The third-order valence-corrected chi connectivity index (χ3v) is 6.94. The Balaban J connectivity index is 1.59. The molecular weight excluding hydrogens is 444 g/mol. The number of sulfonamides is 1. The van der Waals surface area contributed by atoms with Gasteiger partial charge < -0.3 is 10.1 Å². The lowest BCUT2D eigenvalue weighted by molar-refractivity contribution is -0.117. The normalized spacial score (nSPS) is 15.0. The summed E-state index contributed by atoms with van der Waals surface area (Å²) in [6.45, 7) is 0.866. The Morgan fingerprint density at radius 3 is 2.39 bits per heavy atom. The monoisotopic (exact) mass is 464 g/mol. The quantitative estimate of drug-likeness (QED) is 0.712. The zero-order valence-electron chi connectivity index (χ0n) is 15.4. The Hall–Kier alpha value is -2.16. The van der Waals surface area contributed by atoms with Gasteiger partial charge in [0.1, 0.15) is 5.75 Å². The van der Waals surface area contributed by atoms with Gasteiger partial charge in [-0.2, -0.15) is 4.31 Å². The van der Waals surface area contributed by atoms with E-state index in [1.165, 1.54) is 4.31 Å². The van der Waals surface area contributed by atoms with Crippen LogP contribution in [-0.2, 0) is 21.4 Å². The molecule has 1 amide bonds. The Bertz CT molecular complexity index is 970. The van der Waals surface area contributed by atoms with Gasteiger partial charge in [-0.05, 0) is 48.4 Å². The summed E-state index contributed by atoms with van der Waals surface area (Å²) in [5.74, 6) is 0.591. The van der Waals surface area contributed by atoms with E-state index in [1.807, 2.05) is 24.3 Å². The molecule has 1 N–H and O–H groups in total. The molecule has 0 radical (unpaired) electrons. The summed E-state index contributed by atoms with van der Waals surface area (Å²) in [5, 5.41) is 2.88. The summed E-state index contributed by atoms with van der Waals surface area (Å²) in [6, 6.07) is 14.0. The van der Waals surface area contributed by atoms with Gasteiger partial charge in [0, 0.05) is 29.7 Å². The first-order valence-electron chi connectivity index (χ1n) is 8.76. The molecule has 0 aliphatic carbocycles. The first-order valence-corrected chi connectivity index (χ1v) is 11.0. The molecule has 0 aromatic heterocycles. The van der Waals surface area contributed by atoms with Gasteiger partial charge >= 0.3 is 0 Å². The maximum atomic E-state index is 12.7. The molecule has 8 heteroatoms. The van der Waals surface area contributed by atoms with Crippen molar-refractivity contribution in [1.29, 1.82) is 0 Å². The van der Waals surface area contributed by atoms with Crippen LogP contribution in [0.25, 0.3) is 0 Å². The van der Waals surface area contributed by atoms with E-state index in [0.717, 1.165) is 15.8 Å². The molecule has 148 valence electrons. The molecule has 1 aliphatic rings. The largest absolute Gasteiger partial charge is 0.497 e. The van der Waals surface area contributed by atoms with Crippen LogP contribution >= 0.6 is 15.9 Å². The third-order valence-electron chi connectivity index (χ3n) is 4.53. The number of halogens is 1. The number of methoxy groups -OCH3 is 1. The van der Waals surface area contributed by atoms with Gasteiger partial charge in [0.2, 0.25) is 15.9 Å². The second kappa shape index (κ2) is 8.89. The molecule has 1 aliphatic heterocycles. The molecule has 6 nitrogen and oxygen atoms in total. The third kappa shape index (κ3) is 4.81. The van der Waals surface area contributed by atoms with Crippen molar-refractivity contribution >= 4 is 31.9 Å². The van der Waals surface area contributed by atoms with Crippen molar-refractivity contribution in [2.75, 3.05) is 20.2 Å². The summed E-state index contributed by atoms with van der Waals surface area (Å²) < 4.78 is 32.7. The van der Waals surface area contributed by atoms with E-state index >= 15 is 0 Å². The summed E-state index contributed by atoms with van der Waals surface area (Å²) in [4.78, 5) is 12.6. The van der Waals surface area contributed by atoms with Crippen LogP contribution < -0.4 is 10.1 Å². The zero-order chi connectivity index (χ0) is 20.1. The van der Waals surface area contributed by atoms with Crippen LogP contribution in [0, 0.1) is 0 Å². The molecular formula is C20H21BrN2O4S. The molecule has 0 bridgehead atoms. The van der Waals surface area contributed by atoms with Gasteiger partial charge in [0.25, 0.3) is 0 Å². The zero-order valence-corrected chi connectivity index (χ0v) is 17.8. The van der Waals surface area contributed by atoms with E-state index in [0.29, 0.717) is 18.5 Å². The number of nitrogens with one attached hydrogen (secondary N) is 1. The van der Waals surface area contributed by atoms with Crippen LogP contribution in [0.2, 0.25) is 0 Å². The van der Waals surface area contributed by atoms with Gasteiger partial charge in [0.05, 0.1) is 12.0 Å². The molecule has 2 aromatic rings. The van der Waals surface area contributed by atoms with Crippen molar-refractivity contribution in [3.8, 4) is 5.75 Å². The van der Waals surface area contributed by atoms with Gasteiger partial charge in [-0.25, -0.2) is 8.42 Å². The number of hydrogen-bond acceptors (Lipinski definition) is 4. The standard InChI is InChI=1S/C20H21BrN2O4S/c1-27-18-6-2-15(3-7-18)14-22-20(24)16-10-12-23(13-11-16)28(25,26)19-8-4-17(21)5-9-19/h2-10H,11-14H2,1H3,(H,22,24). The average Bonchev–Trinajstić information content (AvgIpc) is 2.73. The SMILES string of the molecule is COc1ccc(CNC(=O)C2=CCN(S(=O)(=O)c3ccc(Br)cc3)CC2)cc1. The van der Waals surface area contributed by atoms with E-state index in [2.05, 4.69) is 21.2 Å². The number of carbonyl (C=O) groups is 1. The van der Waals surface area contributed by atoms with Crippen molar-refractivity contribution < 1.29 is 17.9 Å². The number of rotatable bonds is 6. The Kier molecular flexibility index (Phi) is 6.53. The minimum Gasteiger partial charge on any atom is -0.497 e. The van der Waals surface area contributed by atoms with Gasteiger partial charge in [-0.3, -0.25) is 4.79 Å². The lowest BCUT2D eigenvalue weighted by Gasteiger charge is -2.25. The molecule has 3 rings (SSSR count). The maximum Gasteiger partial charge on any atom is 0.247 e. The summed E-state index contributed by atoms with van der Waals surface area (Å²) in [5.41, 5.74) is 1.57. The number of nitrogens with zero attached hydrogens (tertiary/aromatic N) is 1. The van der Waals surface area contributed by atoms with Gasteiger partial charge in [-0.15, -0.1) is 0 Å². The highest BCUT2D eigenvalue weighted by Gasteiger charge is 2.27. The van der Waals surface area contributed by atoms with Crippen LogP contribution in [0.15, 0.2) is 69.5 Å². The van der Waals surface area contributed by atoms with E-state index < -0.39 is 10.0 Å². The number of ether oxygens (including phenoxy) is 1. The maximum absolute atomic E-state index is 12.7. The topological polar surface area (TPSA) is 75.7 Å². The Labute approximate surface area is 173 Å². The summed E-state index contributed by atoms with van der Waals surface area (Å²) >= 11 is 3.30. The fourth-order valence-electron chi connectivity index (χ4n) is 2.87. The number of carbonyl (C=O) groups excluding carboxylic acids is 1. The molecule has 0 saturated carbocycles. The smallest absolute Gasteiger partial charge is 0.247 e. The predicted octanol–water partition coefficient (Wildman–Crippen LogP) is 3.09. The van der Waals surface area contributed by atoms with Gasteiger partial charge in [-0.1, -0.05) is 34.1 Å². The summed E-state index contributed by atoms with van der Waals surface area (Å²) in [7, 11) is -1.96. The summed E-state index contributed by atoms with van der Waals surface area (Å²) in [6.07, 6.45) is 2.06. The minimum absolute atomic E-state index is 0.170. The van der Waals surface area contributed by atoms with Crippen LogP contribution in [0.3, 0.4) is 0 Å². The highest BCUT2D eigenvalue weighted by molar-refractivity contribution is 9.10. The number of amides is 1. The van der Waals surface area contributed by atoms with Crippen molar-refractivity contribution in [2.45, 2.75) is 17.9 Å². The highest BCUT2D eigenvalue weighted by Crippen LogP contribution is 2.22. The Morgan fingerprint density at radius 2 is 1.82 bits per heavy atom. The average molecular weight is 465 g/mol. The van der Waals surface area contributed by atoms with Crippen molar-refractivity contribution in [2.24, 2.45) is 0 Å². The molecule has 0 atom stereocenters. The van der Waals surface area contributed by atoms with E-state index in [1.54, 1.807) is 37.5 Å². The minimum atomic E-state index is -3.57. The first-order chi connectivity index (χ1) is 13.4.